The molecule has 0 spiro atoms. The number of sulfonamides is 1. The number of aromatic nitrogens is 1. The van der Waals surface area contributed by atoms with Gasteiger partial charge < -0.3 is 19.5 Å². The molecule has 11 heteroatoms. The van der Waals surface area contributed by atoms with Crippen LogP contribution in [-0.2, 0) is 26.0 Å². The summed E-state index contributed by atoms with van der Waals surface area (Å²) in [5.41, 5.74) is 1.48. The Morgan fingerprint density at radius 1 is 1.22 bits per heavy atom. The van der Waals surface area contributed by atoms with Crippen molar-refractivity contribution in [3.8, 4) is 22.1 Å². The van der Waals surface area contributed by atoms with Gasteiger partial charge in [0.05, 0.1) is 44.3 Å². The normalized spacial score (nSPS) is 19.5. The zero-order chi connectivity index (χ0) is 23.3. The Hall–Kier alpha value is -2.21. The number of nitrogens with one attached hydrogen (secondary N) is 1. The highest BCUT2D eigenvalue weighted by atomic mass is 32.2. The predicted molar refractivity (Wildman–Crippen MR) is 123 cm³/mol. The zero-order valence-electron chi connectivity index (χ0n) is 18.7. The number of morpholine rings is 1. The van der Waals surface area contributed by atoms with E-state index in [0.717, 1.165) is 10.6 Å². The summed E-state index contributed by atoms with van der Waals surface area (Å²) in [6.45, 7) is 4.42. The van der Waals surface area contributed by atoms with E-state index in [4.69, 9.17) is 14.2 Å². The zero-order valence-corrected chi connectivity index (χ0v) is 20.3. The van der Waals surface area contributed by atoms with Crippen LogP contribution in [0, 0.1) is 0 Å². The summed E-state index contributed by atoms with van der Waals surface area (Å²) >= 11 is 1.42. The van der Waals surface area contributed by atoms with Crippen LogP contribution < -0.4 is 14.8 Å². The van der Waals surface area contributed by atoms with Gasteiger partial charge in [0.15, 0.2) is 11.5 Å². The number of hydrogen-bond acceptors (Lipinski definition) is 8. The molecule has 9 nitrogen and oxygen atoms in total. The Labute approximate surface area is 192 Å². The highest BCUT2D eigenvalue weighted by Crippen LogP contribution is 2.33. The molecule has 176 valence electrons. The second-order valence-electron chi connectivity index (χ2n) is 7.63. The standard InChI is InChI=1S/C21H29N3O6S2/c1-14-11-24(12-15(2)30-14)32(26,27)8-7-22-20(25)10-17-13-31-21(23-17)16-5-6-18(28-3)19(9-16)29-4/h5-6,9,13-15H,7-8,10-12H2,1-4H3,(H,22,25). The van der Waals surface area contributed by atoms with Gasteiger partial charge in [-0.15, -0.1) is 11.3 Å². The number of nitrogens with zero attached hydrogens (tertiary/aromatic N) is 2. The molecule has 1 saturated heterocycles. The molecule has 0 radical (unpaired) electrons. The maximum Gasteiger partial charge on any atom is 0.226 e. The molecule has 32 heavy (non-hydrogen) atoms. The molecule has 0 bridgehead atoms. The SMILES string of the molecule is COc1ccc(-c2nc(CC(=O)NCCS(=O)(=O)N3CC(C)OC(C)C3)cs2)cc1OC. The number of amides is 1. The van der Waals surface area contributed by atoms with E-state index < -0.39 is 10.0 Å². The van der Waals surface area contributed by atoms with Crippen molar-refractivity contribution in [2.45, 2.75) is 32.5 Å². The third-order valence-electron chi connectivity index (χ3n) is 4.99. The van der Waals surface area contributed by atoms with Crippen LogP contribution >= 0.6 is 11.3 Å². The van der Waals surface area contributed by atoms with Crippen molar-refractivity contribution < 1.29 is 27.4 Å². The molecule has 1 aromatic carbocycles. The maximum absolute atomic E-state index is 12.6. The van der Waals surface area contributed by atoms with E-state index >= 15 is 0 Å². The van der Waals surface area contributed by atoms with Gasteiger partial charge >= 0.3 is 0 Å². The molecule has 2 aromatic rings. The van der Waals surface area contributed by atoms with Gasteiger partial charge in [-0.1, -0.05) is 0 Å². The molecule has 2 atom stereocenters. The molecule has 3 rings (SSSR count). The topological polar surface area (TPSA) is 107 Å². The fourth-order valence-corrected chi connectivity index (χ4v) is 5.83. The number of hydrogen-bond donors (Lipinski definition) is 1. The number of rotatable bonds is 9. The number of benzene rings is 1. The molecule has 2 unspecified atom stereocenters. The largest absolute Gasteiger partial charge is 0.493 e. The second kappa shape index (κ2) is 10.6. The summed E-state index contributed by atoms with van der Waals surface area (Å²) in [6.07, 6.45) is -0.213. The molecular formula is C21H29N3O6S2. The minimum Gasteiger partial charge on any atom is -0.493 e. The minimum atomic E-state index is -3.46. The van der Waals surface area contributed by atoms with Crippen molar-refractivity contribution >= 4 is 27.3 Å². The monoisotopic (exact) mass is 483 g/mol. The van der Waals surface area contributed by atoms with Crippen molar-refractivity contribution in [1.82, 2.24) is 14.6 Å². The number of methoxy groups -OCH3 is 2. The van der Waals surface area contributed by atoms with E-state index in [9.17, 15) is 13.2 Å². The molecule has 0 saturated carbocycles. The van der Waals surface area contributed by atoms with Crippen LogP contribution in [0.2, 0.25) is 0 Å². The Morgan fingerprint density at radius 2 is 1.91 bits per heavy atom. The average Bonchev–Trinajstić information content (AvgIpc) is 3.20. The fourth-order valence-electron chi connectivity index (χ4n) is 3.52. The lowest BCUT2D eigenvalue weighted by Gasteiger charge is -2.34. The van der Waals surface area contributed by atoms with Gasteiger partial charge in [0.1, 0.15) is 5.01 Å². The number of carbonyl (C=O) groups is 1. The Balaban J connectivity index is 1.52. The minimum absolute atomic E-state index is 0.0496. The lowest BCUT2D eigenvalue weighted by Crippen LogP contribution is -2.49. The molecule has 0 aliphatic carbocycles. The van der Waals surface area contributed by atoms with Crippen molar-refractivity contribution in [3.05, 3.63) is 29.3 Å². The van der Waals surface area contributed by atoms with Crippen LogP contribution in [0.3, 0.4) is 0 Å². The van der Waals surface area contributed by atoms with Gasteiger partial charge in [-0.3, -0.25) is 4.79 Å². The van der Waals surface area contributed by atoms with Gasteiger partial charge in [-0.05, 0) is 32.0 Å². The third kappa shape index (κ3) is 6.18. The van der Waals surface area contributed by atoms with E-state index in [1.807, 2.05) is 31.4 Å². The van der Waals surface area contributed by atoms with Crippen molar-refractivity contribution in [3.63, 3.8) is 0 Å². The number of carbonyl (C=O) groups excluding carboxylic acids is 1. The average molecular weight is 484 g/mol. The Kier molecular flexibility index (Phi) is 8.10. The van der Waals surface area contributed by atoms with Crippen LogP contribution in [-0.4, -0.2) is 75.4 Å². The molecule has 1 aromatic heterocycles. The molecule has 1 aliphatic rings. The molecular weight excluding hydrogens is 454 g/mol. The predicted octanol–water partition coefficient (Wildman–Crippen LogP) is 1.93. The van der Waals surface area contributed by atoms with E-state index in [1.54, 1.807) is 20.3 Å². The summed E-state index contributed by atoms with van der Waals surface area (Å²) < 4.78 is 42.7. The van der Waals surface area contributed by atoms with Crippen LogP contribution in [0.25, 0.3) is 10.6 Å². The van der Waals surface area contributed by atoms with E-state index in [1.165, 1.54) is 15.6 Å². The lowest BCUT2D eigenvalue weighted by atomic mass is 10.2. The van der Waals surface area contributed by atoms with Gasteiger partial charge in [-0.25, -0.2) is 13.4 Å². The summed E-state index contributed by atoms with van der Waals surface area (Å²) in [7, 11) is -0.316. The van der Waals surface area contributed by atoms with E-state index in [0.29, 0.717) is 30.3 Å². The first-order valence-corrected chi connectivity index (χ1v) is 12.8. The Morgan fingerprint density at radius 3 is 2.56 bits per heavy atom. The third-order valence-corrected chi connectivity index (χ3v) is 7.73. The van der Waals surface area contributed by atoms with E-state index in [-0.39, 0.29) is 36.8 Å². The first-order valence-electron chi connectivity index (χ1n) is 10.3. The highest BCUT2D eigenvalue weighted by Gasteiger charge is 2.30. The summed E-state index contributed by atoms with van der Waals surface area (Å²) in [5, 5.41) is 5.26. The lowest BCUT2D eigenvalue weighted by molar-refractivity contribution is -0.120. The van der Waals surface area contributed by atoms with Gasteiger partial charge in [0.25, 0.3) is 0 Å². The van der Waals surface area contributed by atoms with Crippen LogP contribution in [0.1, 0.15) is 19.5 Å². The van der Waals surface area contributed by atoms with Gasteiger partial charge in [-0.2, -0.15) is 4.31 Å². The summed E-state index contributed by atoms with van der Waals surface area (Å²) in [6, 6.07) is 5.51. The molecule has 2 heterocycles. The first-order chi connectivity index (χ1) is 15.2. The smallest absolute Gasteiger partial charge is 0.226 e. The highest BCUT2D eigenvalue weighted by molar-refractivity contribution is 7.89. The second-order valence-corrected chi connectivity index (χ2v) is 10.6. The maximum atomic E-state index is 12.6. The first kappa shape index (κ1) is 24.4. The number of thiazole rings is 1. The quantitative estimate of drug-likeness (QED) is 0.581. The van der Waals surface area contributed by atoms with E-state index in [2.05, 4.69) is 10.3 Å². The fraction of sp³-hybridized carbons (Fsp3) is 0.524. The Bertz CT molecular complexity index is 1030. The molecule has 1 aliphatic heterocycles. The number of ether oxygens (including phenoxy) is 3. The van der Waals surface area contributed by atoms with Crippen molar-refractivity contribution in [1.29, 1.82) is 0 Å². The van der Waals surface area contributed by atoms with Crippen LogP contribution in [0.4, 0.5) is 0 Å². The van der Waals surface area contributed by atoms with Gasteiger partial charge in [0.2, 0.25) is 15.9 Å². The molecule has 1 fully saturated rings. The van der Waals surface area contributed by atoms with Gasteiger partial charge in [0, 0.05) is 30.6 Å². The molecule has 1 N–H and O–H groups in total. The molecule has 1 amide bonds. The van der Waals surface area contributed by atoms with Crippen LogP contribution in [0.5, 0.6) is 11.5 Å². The van der Waals surface area contributed by atoms with Crippen molar-refractivity contribution in [2.75, 3.05) is 39.6 Å². The van der Waals surface area contributed by atoms with Crippen molar-refractivity contribution in [2.24, 2.45) is 0 Å². The summed E-state index contributed by atoms with van der Waals surface area (Å²) in [4.78, 5) is 16.8. The summed E-state index contributed by atoms with van der Waals surface area (Å²) in [5.74, 6) is 0.813. The van der Waals surface area contributed by atoms with Crippen LogP contribution in [0.15, 0.2) is 23.6 Å².